The topological polar surface area (TPSA) is 224 Å². The second-order valence-electron chi connectivity index (χ2n) is 10.9. The van der Waals surface area contributed by atoms with Crippen LogP contribution in [0.1, 0.15) is 46.6 Å². The Morgan fingerprint density at radius 3 is 2.26 bits per heavy atom. The smallest absolute Gasteiger partial charge is 0.326 e. The third-order valence-corrected chi connectivity index (χ3v) is 7.61. The molecule has 0 saturated heterocycles. The highest BCUT2D eigenvalue weighted by atomic mass is 16.4. The summed E-state index contributed by atoms with van der Waals surface area (Å²) in [5, 5.41) is 28.7. The standard InChI is InChI=1S/C32H35N5O9/c1-5-12-37(16-20-14-22-25(13-17(20)2)34-18(3)35-29(22)41)21-8-6-19(7-9-21)30(42)36(4)26(32(45)46)15-23(31(43)44)28(40)24(33)10-11-27(38)39/h1,6-9,13-14,23-24,26H,10-12,15-16,33H2,2-4H3,(H,38,39)(H,43,44)(H,45,46)(H,34,35,41)/t23?,24-,26-/m0/s1. The van der Waals surface area contributed by atoms with E-state index in [9.17, 15) is 39.0 Å². The van der Waals surface area contributed by atoms with Crippen LogP contribution in [0.3, 0.4) is 0 Å². The van der Waals surface area contributed by atoms with Crippen LogP contribution >= 0.6 is 0 Å². The molecule has 46 heavy (non-hydrogen) atoms. The van der Waals surface area contributed by atoms with Crippen molar-refractivity contribution in [3.63, 3.8) is 0 Å². The van der Waals surface area contributed by atoms with E-state index in [0.29, 0.717) is 29.0 Å². The number of Topliss-reactive ketones (excluding diaryl/α,β-unsaturated/α-hetero) is 1. The van der Waals surface area contributed by atoms with Gasteiger partial charge in [0.05, 0.1) is 23.5 Å². The molecule has 1 amide bonds. The fourth-order valence-corrected chi connectivity index (χ4v) is 5.00. The van der Waals surface area contributed by atoms with Crippen molar-refractivity contribution in [3.05, 3.63) is 69.3 Å². The minimum absolute atomic E-state index is 0.0874. The molecule has 1 heterocycles. The summed E-state index contributed by atoms with van der Waals surface area (Å²) in [5.74, 6) is -4.98. The van der Waals surface area contributed by atoms with Crippen molar-refractivity contribution in [1.82, 2.24) is 14.9 Å². The van der Waals surface area contributed by atoms with Crippen LogP contribution in [0.5, 0.6) is 0 Å². The molecular formula is C32H35N5O9. The average molecular weight is 634 g/mol. The second kappa shape index (κ2) is 15.0. The molecule has 0 fully saturated rings. The lowest BCUT2D eigenvalue weighted by Crippen LogP contribution is -2.47. The van der Waals surface area contributed by atoms with Crippen LogP contribution in [-0.2, 0) is 25.7 Å². The molecule has 2 aromatic carbocycles. The van der Waals surface area contributed by atoms with Crippen molar-refractivity contribution in [2.75, 3.05) is 18.5 Å². The van der Waals surface area contributed by atoms with E-state index in [4.69, 9.17) is 17.3 Å². The zero-order valence-electron chi connectivity index (χ0n) is 25.5. The number of nitrogens with one attached hydrogen (secondary N) is 1. The van der Waals surface area contributed by atoms with Crippen molar-refractivity contribution in [1.29, 1.82) is 0 Å². The maximum Gasteiger partial charge on any atom is 0.326 e. The first kappa shape index (κ1) is 34.9. The number of aromatic amines is 1. The Morgan fingerprint density at radius 1 is 1.04 bits per heavy atom. The van der Waals surface area contributed by atoms with Gasteiger partial charge in [-0.25, -0.2) is 9.78 Å². The van der Waals surface area contributed by atoms with Gasteiger partial charge >= 0.3 is 17.9 Å². The van der Waals surface area contributed by atoms with E-state index in [-0.39, 0.29) is 24.1 Å². The molecule has 1 aromatic heterocycles. The van der Waals surface area contributed by atoms with Gasteiger partial charge in [-0.2, -0.15) is 0 Å². The molecule has 14 heteroatoms. The van der Waals surface area contributed by atoms with Crippen LogP contribution in [0, 0.1) is 32.1 Å². The van der Waals surface area contributed by atoms with Gasteiger partial charge in [0, 0.05) is 31.3 Å². The number of rotatable bonds is 15. The highest BCUT2D eigenvalue weighted by Gasteiger charge is 2.38. The molecule has 6 N–H and O–H groups in total. The molecular weight excluding hydrogens is 598 g/mol. The van der Waals surface area contributed by atoms with Crippen LogP contribution < -0.4 is 16.2 Å². The number of aryl methyl sites for hydroxylation is 2. The number of benzene rings is 2. The normalized spacial score (nSPS) is 12.8. The predicted octanol–water partition coefficient (Wildman–Crippen LogP) is 1.56. The number of aliphatic carboxylic acids is 3. The van der Waals surface area contributed by atoms with E-state index in [1.54, 1.807) is 25.1 Å². The number of aromatic nitrogens is 2. The lowest BCUT2D eigenvalue weighted by Gasteiger charge is -2.28. The summed E-state index contributed by atoms with van der Waals surface area (Å²) in [6, 6.07) is 6.59. The molecule has 3 rings (SSSR count). The summed E-state index contributed by atoms with van der Waals surface area (Å²) in [7, 11) is 1.17. The van der Waals surface area contributed by atoms with Gasteiger partial charge in [0.25, 0.3) is 11.5 Å². The fraction of sp³-hybridized carbons (Fsp3) is 0.344. The molecule has 0 bridgehead atoms. The van der Waals surface area contributed by atoms with Crippen LogP contribution in [0.25, 0.3) is 10.9 Å². The van der Waals surface area contributed by atoms with Crippen LogP contribution in [0.15, 0.2) is 41.2 Å². The third-order valence-electron chi connectivity index (χ3n) is 7.61. The maximum absolute atomic E-state index is 13.3. The van der Waals surface area contributed by atoms with E-state index >= 15 is 0 Å². The van der Waals surface area contributed by atoms with E-state index in [0.717, 1.165) is 16.0 Å². The molecule has 0 aliphatic heterocycles. The number of nitrogens with two attached hydrogens (primary N) is 1. The van der Waals surface area contributed by atoms with Crippen molar-refractivity contribution in [2.45, 2.75) is 51.7 Å². The highest BCUT2D eigenvalue weighted by Crippen LogP contribution is 2.24. The van der Waals surface area contributed by atoms with E-state index in [1.807, 2.05) is 17.9 Å². The molecule has 242 valence electrons. The number of carbonyl (C=O) groups is 5. The van der Waals surface area contributed by atoms with Gasteiger partial charge in [0.2, 0.25) is 0 Å². The number of ketones is 1. The first-order valence-corrected chi connectivity index (χ1v) is 14.2. The average Bonchev–Trinajstić information content (AvgIpc) is 2.99. The summed E-state index contributed by atoms with van der Waals surface area (Å²) < 4.78 is 0. The Hall–Kier alpha value is -5.55. The quantitative estimate of drug-likeness (QED) is 0.119. The summed E-state index contributed by atoms with van der Waals surface area (Å²) in [6.45, 7) is 4.10. The minimum Gasteiger partial charge on any atom is -0.481 e. The van der Waals surface area contributed by atoms with Crippen molar-refractivity contribution in [3.8, 4) is 12.3 Å². The first-order chi connectivity index (χ1) is 21.6. The van der Waals surface area contributed by atoms with Gasteiger partial charge in [-0.15, -0.1) is 6.42 Å². The Morgan fingerprint density at radius 2 is 1.70 bits per heavy atom. The number of carboxylic acid groups (broad SMARTS) is 3. The molecule has 0 aliphatic carbocycles. The van der Waals surface area contributed by atoms with Crippen LogP contribution in [0.4, 0.5) is 5.69 Å². The molecule has 3 aromatic rings. The molecule has 0 aliphatic rings. The maximum atomic E-state index is 13.3. The van der Waals surface area contributed by atoms with Gasteiger partial charge in [0.15, 0.2) is 5.78 Å². The fourth-order valence-electron chi connectivity index (χ4n) is 5.00. The number of likely N-dealkylation sites (N-methyl/N-ethyl adjacent to an activating group) is 1. The SMILES string of the molecule is C#CCN(Cc1cc2c(=O)[nH]c(C)nc2cc1C)c1ccc(C(=O)N(C)[C@@H](CC(C(=O)O)C(=O)[C@@H](N)CCC(=O)O)C(=O)O)cc1. The monoisotopic (exact) mass is 633 g/mol. The molecule has 0 radical (unpaired) electrons. The molecule has 3 atom stereocenters. The summed E-state index contributed by atoms with van der Waals surface area (Å²) in [5.41, 5.74) is 8.44. The zero-order valence-corrected chi connectivity index (χ0v) is 25.5. The van der Waals surface area contributed by atoms with Gasteiger partial charge < -0.3 is 35.8 Å². The molecule has 1 unspecified atom stereocenters. The van der Waals surface area contributed by atoms with E-state index < -0.39 is 60.4 Å². The van der Waals surface area contributed by atoms with E-state index in [1.165, 1.54) is 19.2 Å². The summed E-state index contributed by atoms with van der Waals surface area (Å²) >= 11 is 0. The molecule has 0 saturated carbocycles. The minimum atomic E-state index is -1.88. The number of carboxylic acids is 3. The number of fused-ring (bicyclic) bond motifs is 1. The number of anilines is 1. The Bertz CT molecular complexity index is 1760. The number of hydrogen-bond donors (Lipinski definition) is 5. The van der Waals surface area contributed by atoms with Crippen molar-refractivity contribution in [2.24, 2.45) is 11.7 Å². The Kier molecular flexibility index (Phi) is 11.4. The molecule has 14 nitrogen and oxygen atoms in total. The summed E-state index contributed by atoms with van der Waals surface area (Å²) in [6.07, 6.45) is 4.04. The Labute approximate surface area is 263 Å². The number of hydrogen-bond acceptors (Lipinski definition) is 9. The van der Waals surface area contributed by atoms with E-state index in [2.05, 4.69) is 15.9 Å². The first-order valence-electron chi connectivity index (χ1n) is 14.2. The number of amides is 1. The third kappa shape index (κ3) is 8.33. The van der Waals surface area contributed by atoms with Crippen LogP contribution in [0.2, 0.25) is 0 Å². The zero-order chi connectivity index (χ0) is 34.3. The second-order valence-corrected chi connectivity index (χ2v) is 10.9. The number of terminal acetylenes is 1. The largest absolute Gasteiger partial charge is 0.481 e. The number of carbonyl (C=O) groups excluding carboxylic acids is 2. The summed E-state index contributed by atoms with van der Waals surface area (Å²) in [4.78, 5) is 83.1. The molecule has 0 spiro atoms. The van der Waals surface area contributed by atoms with Gasteiger partial charge in [-0.1, -0.05) is 5.92 Å². The van der Waals surface area contributed by atoms with Crippen LogP contribution in [-0.4, -0.2) is 85.5 Å². The van der Waals surface area contributed by atoms with Gasteiger partial charge in [-0.05, 0) is 74.2 Å². The lowest BCUT2D eigenvalue weighted by atomic mass is 9.89. The number of H-pyrrole nitrogens is 1. The van der Waals surface area contributed by atoms with Crippen molar-refractivity contribution < 1.29 is 39.3 Å². The van der Waals surface area contributed by atoms with Gasteiger partial charge in [0.1, 0.15) is 17.8 Å². The van der Waals surface area contributed by atoms with Crippen molar-refractivity contribution >= 4 is 46.2 Å². The Balaban J connectivity index is 1.82. The highest BCUT2D eigenvalue weighted by molar-refractivity contribution is 6.02. The van der Waals surface area contributed by atoms with Gasteiger partial charge in [-0.3, -0.25) is 24.0 Å². The number of nitrogens with zero attached hydrogens (tertiary/aromatic N) is 3. The predicted molar refractivity (Wildman–Crippen MR) is 167 cm³/mol. The lowest BCUT2D eigenvalue weighted by molar-refractivity contribution is -0.149.